The molecule has 3 heteroatoms. The molecular weight excluding hydrogens is 214 g/mol. The molecule has 0 saturated heterocycles. The normalized spacial score (nSPS) is 13.2. The second kappa shape index (κ2) is 6.50. The van der Waals surface area contributed by atoms with Gasteiger partial charge in [0.15, 0.2) is 5.78 Å². The van der Waals surface area contributed by atoms with Crippen LogP contribution in [-0.2, 0) is 9.53 Å². The summed E-state index contributed by atoms with van der Waals surface area (Å²) in [6, 6.07) is 0.454. The highest BCUT2D eigenvalue weighted by molar-refractivity contribution is 5.86. The summed E-state index contributed by atoms with van der Waals surface area (Å²) in [5.41, 5.74) is -0.609. The van der Waals surface area contributed by atoms with Crippen LogP contribution in [0.15, 0.2) is 0 Å². The maximum absolute atomic E-state index is 11.6. The highest BCUT2D eigenvalue weighted by Gasteiger charge is 2.27. The van der Waals surface area contributed by atoms with Gasteiger partial charge in [0.25, 0.3) is 0 Å². The van der Waals surface area contributed by atoms with Crippen molar-refractivity contribution in [2.24, 2.45) is 0 Å². The van der Waals surface area contributed by atoms with Crippen molar-refractivity contribution in [2.75, 3.05) is 6.61 Å². The molecule has 0 radical (unpaired) electrons. The Labute approximate surface area is 106 Å². The van der Waals surface area contributed by atoms with E-state index in [4.69, 9.17) is 4.74 Å². The number of Topliss-reactive ketones (excluding diaryl/α,β-unsaturated/α-hetero) is 1. The van der Waals surface area contributed by atoms with Crippen LogP contribution >= 0.6 is 0 Å². The van der Waals surface area contributed by atoms with Gasteiger partial charge in [0.2, 0.25) is 0 Å². The number of ketones is 1. The number of nitrogens with one attached hydrogen (secondary N) is 1. The van der Waals surface area contributed by atoms with Gasteiger partial charge in [-0.05, 0) is 34.1 Å². The standard InChI is InChI=1S/C14H29NO2/c1-8-12(16)14(6,7)17-10-9-13(4,5)15-11(2)3/h11,15H,8-10H2,1-7H3. The third-order valence-corrected chi connectivity index (χ3v) is 2.86. The van der Waals surface area contributed by atoms with Crippen LogP contribution in [-0.4, -0.2) is 29.6 Å². The van der Waals surface area contributed by atoms with E-state index in [0.29, 0.717) is 19.1 Å². The minimum Gasteiger partial charge on any atom is -0.368 e. The Bertz CT molecular complexity index is 245. The number of carbonyl (C=O) groups is 1. The Kier molecular flexibility index (Phi) is 6.35. The monoisotopic (exact) mass is 243 g/mol. The van der Waals surface area contributed by atoms with E-state index < -0.39 is 5.60 Å². The largest absolute Gasteiger partial charge is 0.368 e. The van der Waals surface area contributed by atoms with E-state index in [1.54, 1.807) is 0 Å². The molecule has 0 unspecified atom stereocenters. The van der Waals surface area contributed by atoms with Crippen molar-refractivity contribution in [2.45, 2.75) is 78.5 Å². The quantitative estimate of drug-likeness (QED) is 0.712. The second-order valence-corrected chi connectivity index (χ2v) is 6.07. The van der Waals surface area contributed by atoms with Gasteiger partial charge in [-0.2, -0.15) is 0 Å². The van der Waals surface area contributed by atoms with E-state index in [1.807, 2.05) is 20.8 Å². The number of hydrogen-bond acceptors (Lipinski definition) is 3. The smallest absolute Gasteiger partial charge is 0.163 e. The summed E-state index contributed by atoms with van der Waals surface area (Å²) >= 11 is 0. The van der Waals surface area contributed by atoms with Crippen LogP contribution in [0.3, 0.4) is 0 Å². The molecule has 0 heterocycles. The summed E-state index contributed by atoms with van der Waals surface area (Å²) in [5, 5.41) is 3.48. The average molecular weight is 243 g/mol. The first-order chi connectivity index (χ1) is 7.60. The molecule has 0 aliphatic heterocycles. The van der Waals surface area contributed by atoms with E-state index in [1.165, 1.54) is 0 Å². The zero-order chi connectivity index (χ0) is 13.7. The molecule has 0 aromatic carbocycles. The molecule has 1 N–H and O–H groups in total. The second-order valence-electron chi connectivity index (χ2n) is 6.07. The van der Waals surface area contributed by atoms with Crippen molar-refractivity contribution in [3.8, 4) is 0 Å². The predicted molar refractivity (Wildman–Crippen MR) is 72.3 cm³/mol. The third kappa shape index (κ3) is 6.79. The van der Waals surface area contributed by atoms with Crippen LogP contribution in [0, 0.1) is 0 Å². The molecule has 0 fully saturated rings. The first kappa shape index (κ1) is 16.6. The Morgan fingerprint density at radius 1 is 1.24 bits per heavy atom. The molecular formula is C14H29NO2. The van der Waals surface area contributed by atoms with Crippen LogP contribution in [0.25, 0.3) is 0 Å². The maximum Gasteiger partial charge on any atom is 0.163 e. The highest BCUT2D eigenvalue weighted by atomic mass is 16.5. The number of carbonyl (C=O) groups excluding carboxylic acids is 1. The van der Waals surface area contributed by atoms with Crippen LogP contribution in [0.2, 0.25) is 0 Å². The van der Waals surface area contributed by atoms with Crippen molar-refractivity contribution in [1.82, 2.24) is 5.32 Å². The molecule has 0 aliphatic rings. The molecule has 0 aromatic rings. The molecule has 0 aromatic heterocycles. The molecule has 17 heavy (non-hydrogen) atoms. The summed E-state index contributed by atoms with van der Waals surface area (Å²) in [6.07, 6.45) is 1.42. The lowest BCUT2D eigenvalue weighted by molar-refractivity contribution is -0.140. The van der Waals surface area contributed by atoms with E-state index in [0.717, 1.165) is 6.42 Å². The number of rotatable bonds is 8. The minimum atomic E-state index is -0.650. The van der Waals surface area contributed by atoms with Crippen molar-refractivity contribution in [3.05, 3.63) is 0 Å². The lowest BCUT2D eigenvalue weighted by Gasteiger charge is -2.31. The van der Waals surface area contributed by atoms with E-state index >= 15 is 0 Å². The van der Waals surface area contributed by atoms with E-state index in [-0.39, 0.29) is 11.3 Å². The topological polar surface area (TPSA) is 38.3 Å². The molecule has 0 saturated carbocycles. The fraction of sp³-hybridized carbons (Fsp3) is 0.929. The molecule has 102 valence electrons. The number of hydrogen-bond donors (Lipinski definition) is 1. The summed E-state index contributed by atoms with van der Waals surface area (Å²) in [4.78, 5) is 11.6. The zero-order valence-electron chi connectivity index (χ0n) is 12.5. The van der Waals surface area contributed by atoms with Crippen molar-refractivity contribution in [3.63, 3.8) is 0 Å². The lowest BCUT2D eigenvalue weighted by Crippen LogP contribution is -2.45. The summed E-state index contributed by atoms with van der Waals surface area (Å²) in [7, 11) is 0. The fourth-order valence-electron chi connectivity index (χ4n) is 1.92. The summed E-state index contributed by atoms with van der Waals surface area (Å²) < 4.78 is 5.71. The van der Waals surface area contributed by atoms with Crippen molar-refractivity contribution in [1.29, 1.82) is 0 Å². The van der Waals surface area contributed by atoms with E-state index in [9.17, 15) is 4.79 Å². The number of ether oxygens (including phenoxy) is 1. The van der Waals surface area contributed by atoms with Gasteiger partial charge in [0.05, 0.1) is 0 Å². The first-order valence-corrected chi connectivity index (χ1v) is 6.55. The Balaban J connectivity index is 4.10. The van der Waals surface area contributed by atoms with Gasteiger partial charge in [0.1, 0.15) is 5.60 Å². The van der Waals surface area contributed by atoms with Gasteiger partial charge in [0, 0.05) is 24.6 Å². The van der Waals surface area contributed by atoms with Crippen molar-refractivity contribution < 1.29 is 9.53 Å². The van der Waals surface area contributed by atoms with Crippen molar-refractivity contribution >= 4 is 5.78 Å². The van der Waals surface area contributed by atoms with Gasteiger partial charge < -0.3 is 10.1 Å². The van der Waals surface area contributed by atoms with Gasteiger partial charge in [-0.25, -0.2) is 0 Å². The molecule has 0 rings (SSSR count). The van der Waals surface area contributed by atoms with Gasteiger partial charge >= 0.3 is 0 Å². The average Bonchev–Trinajstić information content (AvgIpc) is 2.13. The molecule has 3 nitrogen and oxygen atoms in total. The molecule has 0 amide bonds. The molecule has 0 spiro atoms. The summed E-state index contributed by atoms with van der Waals surface area (Å²) in [6.45, 7) is 14.8. The van der Waals surface area contributed by atoms with Crippen LogP contribution in [0.1, 0.15) is 61.3 Å². The van der Waals surface area contributed by atoms with Crippen LogP contribution in [0.4, 0.5) is 0 Å². The lowest BCUT2D eigenvalue weighted by atomic mass is 9.98. The first-order valence-electron chi connectivity index (χ1n) is 6.55. The Morgan fingerprint density at radius 3 is 2.18 bits per heavy atom. The van der Waals surface area contributed by atoms with Gasteiger partial charge in [-0.1, -0.05) is 20.8 Å². The summed E-state index contributed by atoms with van der Waals surface area (Å²) in [5.74, 6) is 0.159. The fourth-order valence-corrected chi connectivity index (χ4v) is 1.92. The van der Waals surface area contributed by atoms with Gasteiger partial charge in [-0.15, -0.1) is 0 Å². The highest BCUT2D eigenvalue weighted by Crippen LogP contribution is 2.16. The van der Waals surface area contributed by atoms with Crippen LogP contribution in [0.5, 0.6) is 0 Å². The van der Waals surface area contributed by atoms with E-state index in [2.05, 4.69) is 33.0 Å². The maximum atomic E-state index is 11.6. The van der Waals surface area contributed by atoms with Crippen LogP contribution < -0.4 is 5.32 Å². The molecule has 0 atom stereocenters. The third-order valence-electron chi connectivity index (χ3n) is 2.86. The predicted octanol–water partition coefficient (Wildman–Crippen LogP) is 2.93. The minimum absolute atomic E-state index is 0.0412. The SMILES string of the molecule is CCC(=O)C(C)(C)OCCC(C)(C)NC(C)C. The zero-order valence-corrected chi connectivity index (χ0v) is 12.5. The Morgan fingerprint density at radius 2 is 1.76 bits per heavy atom. The molecule has 0 bridgehead atoms. The van der Waals surface area contributed by atoms with Gasteiger partial charge in [-0.3, -0.25) is 4.79 Å². The molecule has 0 aliphatic carbocycles. The Hall–Kier alpha value is -0.410.